The quantitative estimate of drug-likeness (QED) is 0.696. The summed E-state index contributed by atoms with van der Waals surface area (Å²) in [6.07, 6.45) is 0. The number of benzene rings is 1. The molecule has 0 saturated heterocycles. The van der Waals surface area contributed by atoms with Crippen LogP contribution in [-0.4, -0.2) is 13.7 Å². The van der Waals surface area contributed by atoms with Gasteiger partial charge in [0.2, 0.25) is 0 Å². The molecule has 0 radical (unpaired) electrons. The Hall–Kier alpha value is -0.890. The molecular formula is C10H13ClO2. The van der Waals surface area contributed by atoms with Crippen LogP contribution >= 0.6 is 11.6 Å². The second kappa shape index (κ2) is 4.97. The van der Waals surface area contributed by atoms with E-state index in [4.69, 9.17) is 21.1 Å². The fraction of sp³-hybridized carbons (Fsp3) is 0.400. The molecule has 2 nitrogen and oxygen atoms in total. The lowest BCUT2D eigenvalue weighted by Gasteiger charge is -2.09. The van der Waals surface area contributed by atoms with Crippen molar-refractivity contribution in [2.45, 2.75) is 12.8 Å². The predicted octanol–water partition coefficient (Wildman–Crippen LogP) is 2.83. The zero-order valence-electron chi connectivity index (χ0n) is 7.84. The third-order valence-corrected chi connectivity index (χ3v) is 1.99. The molecule has 0 spiro atoms. The highest BCUT2D eigenvalue weighted by Gasteiger charge is 2.03. The van der Waals surface area contributed by atoms with Gasteiger partial charge in [-0.2, -0.15) is 0 Å². The number of rotatable bonds is 4. The van der Waals surface area contributed by atoms with Crippen molar-refractivity contribution in [3.8, 4) is 11.5 Å². The third kappa shape index (κ3) is 2.52. The minimum Gasteiger partial charge on any atom is -0.493 e. The minimum atomic E-state index is 0.489. The molecule has 3 heteroatoms. The maximum Gasteiger partial charge on any atom is 0.161 e. The van der Waals surface area contributed by atoms with E-state index in [1.807, 2.05) is 25.1 Å². The van der Waals surface area contributed by atoms with Crippen molar-refractivity contribution in [1.82, 2.24) is 0 Å². The molecule has 0 aromatic heterocycles. The lowest BCUT2D eigenvalue weighted by atomic mass is 10.2. The summed E-state index contributed by atoms with van der Waals surface area (Å²) in [5.74, 6) is 1.99. The van der Waals surface area contributed by atoms with E-state index in [1.165, 1.54) is 0 Å². The predicted molar refractivity (Wildman–Crippen MR) is 53.7 cm³/mol. The maximum atomic E-state index is 5.69. The molecule has 0 bridgehead atoms. The molecule has 0 amide bonds. The zero-order chi connectivity index (χ0) is 9.68. The van der Waals surface area contributed by atoms with Crippen LogP contribution in [0.1, 0.15) is 12.5 Å². The molecule has 0 atom stereocenters. The van der Waals surface area contributed by atoms with Gasteiger partial charge in [-0.1, -0.05) is 6.07 Å². The SMILES string of the molecule is CCOc1ccc(CCl)cc1OC. The Morgan fingerprint density at radius 1 is 1.31 bits per heavy atom. The van der Waals surface area contributed by atoms with Gasteiger partial charge in [0.15, 0.2) is 11.5 Å². The number of hydrogen-bond donors (Lipinski definition) is 0. The van der Waals surface area contributed by atoms with Crippen LogP contribution in [0.5, 0.6) is 11.5 Å². The van der Waals surface area contributed by atoms with Crippen molar-refractivity contribution in [3.05, 3.63) is 23.8 Å². The highest BCUT2D eigenvalue weighted by molar-refractivity contribution is 6.17. The topological polar surface area (TPSA) is 18.5 Å². The van der Waals surface area contributed by atoms with Crippen LogP contribution in [0.25, 0.3) is 0 Å². The van der Waals surface area contributed by atoms with Crippen molar-refractivity contribution < 1.29 is 9.47 Å². The maximum absolute atomic E-state index is 5.69. The molecule has 1 rings (SSSR count). The zero-order valence-corrected chi connectivity index (χ0v) is 8.60. The summed E-state index contributed by atoms with van der Waals surface area (Å²) in [6.45, 7) is 2.57. The van der Waals surface area contributed by atoms with E-state index in [2.05, 4.69) is 0 Å². The van der Waals surface area contributed by atoms with E-state index >= 15 is 0 Å². The first-order valence-electron chi connectivity index (χ1n) is 4.17. The van der Waals surface area contributed by atoms with E-state index < -0.39 is 0 Å². The van der Waals surface area contributed by atoms with Crippen LogP contribution in [0.2, 0.25) is 0 Å². The molecule has 0 N–H and O–H groups in total. The van der Waals surface area contributed by atoms with E-state index in [-0.39, 0.29) is 0 Å². The van der Waals surface area contributed by atoms with Gasteiger partial charge >= 0.3 is 0 Å². The Morgan fingerprint density at radius 3 is 2.62 bits per heavy atom. The van der Waals surface area contributed by atoms with Crippen LogP contribution < -0.4 is 9.47 Å². The number of alkyl halides is 1. The highest BCUT2D eigenvalue weighted by atomic mass is 35.5. The Bertz CT molecular complexity index is 274. The van der Waals surface area contributed by atoms with Gasteiger partial charge in [0.05, 0.1) is 13.7 Å². The van der Waals surface area contributed by atoms with Gasteiger partial charge in [0, 0.05) is 5.88 Å². The van der Waals surface area contributed by atoms with Crippen LogP contribution in [0.4, 0.5) is 0 Å². The van der Waals surface area contributed by atoms with Crippen molar-refractivity contribution in [3.63, 3.8) is 0 Å². The van der Waals surface area contributed by atoms with Gasteiger partial charge in [0.25, 0.3) is 0 Å². The average Bonchev–Trinajstić information content (AvgIpc) is 2.19. The van der Waals surface area contributed by atoms with E-state index in [1.54, 1.807) is 7.11 Å². The first-order valence-corrected chi connectivity index (χ1v) is 4.71. The molecule has 0 aliphatic heterocycles. The largest absolute Gasteiger partial charge is 0.493 e. The Morgan fingerprint density at radius 2 is 2.08 bits per heavy atom. The number of halogens is 1. The van der Waals surface area contributed by atoms with Crippen LogP contribution in [0, 0.1) is 0 Å². The average molecular weight is 201 g/mol. The van der Waals surface area contributed by atoms with Crippen molar-refractivity contribution in [2.75, 3.05) is 13.7 Å². The fourth-order valence-corrected chi connectivity index (χ4v) is 1.24. The summed E-state index contributed by atoms with van der Waals surface area (Å²) < 4.78 is 10.5. The minimum absolute atomic E-state index is 0.489. The Labute approximate surface area is 83.4 Å². The van der Waals surface area contributed by atoms with Crippen molar-refractivity contribution in [2.24, 2.45) is 0 Å². The van der Waals surface area contributed by atoms with Gasteiger partial charge in [-0.05, 0) is 24.6 Å². The Balaban J connectivity index is 2.93. The monoisotopic (exact) mass is 200 g/mol. The van der Waals surface area contributed by atoms with E-state index in [0.29, 0.717) is 12.5 Å². The summed E-state index contributed by atoms with van der Waals surface area (Å²) in [7, 11) is 1.62. The van der Waals surface area contributed by atoms with Crippen LogP contribution in [0.3, 0.4) is 0 Å². The second-order valence-electron chi connectivity index (χ2n) is 2.55. The number of methoxy groups -OCH3 is 1. The smallest absolute Gasteiger partial charge is 0.161 e. The highest BCUT2D eigenvalue weighted by Crippen LogP contribution is 2.28. The van der Waals surface area contributed by atoms with Crippen LogP contribution in [0.15, 0.2) is 18.2 Å². The number of ether oxygens (including phenoxy) is 2. The van der Waals surface area contributed by atoms with Gasteiger partial charge in [-0.15, -0.1) is 11.6 Å². The summed E-state index contributed by atoms with van der Waals surface area (Å²) in [5.41, 5.74) is 1.03. The number of hydrogen-bond acceptors (Lipinski definition) is 2. The molecule has 13 heavy (non-hydrogen) atoms. The molecule has 0 aliphatic carbocycles. The fourth-order valence-electron chi connectivity index (χ4n) is 1.07. The Kier molecular flexibility index (Phi) is 3.90. The summed E-state index contributed by atoms with van der Waals surface area (Å²) in [6, 6.07) is 5.69. The summed E-state index contributed by atoms with van der Waals surface area (Å²) in [5, 5.41) is 0. The lowest BCUT2D eigenvalue weighted by molar-refractivity contribution is 0.311. The molecule has 0 saturated carbocycles. The standard InChI is InChI=1S/C10H13ClO2/c1-3-13-9-5-4-8(7-11)6-10(9)12-2/h4-6H,3,7H2,1-2H3. The van der Waals surface area contributed by atoms with Crippen LogP contribution in [-0.2, 0) is 5.88 Å². The molecule has 0 heterocycles. The molecule has 72 valence electrons. The second-order valence-corrected chi connectivity index (χ2v) is 2.82. The van der Waals surface area contributed by atoms with E-state index in [9.17, 15) is 0 Å². The first kappa shape index (κ1) is 10.2. The lowest BCUT2D eigenvalue weighted by Crippen LogP contribution is -1.95. The van der Waals surface area contributed by atoms with Crippen molar-refractivity contribution in [1.29, 1.82) is 0 Å². The summed E-state index contributed by atoms with van der Waals surface area (Å²) in [4.78, 5) is 0. The summed E-state index contributed by atoms with van der Waals surface area (Å²) >= 11 is 5.69. The molecular weight excluding hydrogens is 188 g/mol. The molecule has 0 fully saturated rings. The third-order valence-electron chi connectivity index (χ3n) is 1.68. The van der Waals surface area contributed by atoms with Gasteiger partial charge in [-0.25, -0.2) is 0 Å². The molecule has 0 aliphatic rings. The van der Waals surface area contributed by atoms with Crippen molar-refractivity contribution >= 4 is 11.6 Å². The normalized spacial score (nSPS) is 9.77. The van der Waals surface area contributed by atoms with E-state index in [0.717, 1.165) is 17.1 Å². The molecule has 1 aromatic carbocycles. The molecule has 0 unspecified atom stereocenters. The van der Waals surface area contributed by atoms with Gasteiger partial charge in [0.1, 0.15) is 0 Å². The van der Waals surface area contributed by atoms with Gasteiger partial charge in [-0.3, -0.25) is 0 Å². The van der Waals surface area contributed by atoms with Gasteiger partial charge < -0.3 is 9.47 Å². The first-order chi connectivity index (χ1) is 6.31. The molecule has 1 aromatic rings.